The van der Waals surface area contributed by atoms with Crippen LogP contribution in [-0.4, -0.2) is 33.4 Å². The zero-order valence-electron chi connectivity index (χ0n) is 16.2. The second kappa shape index (κ2) is 9.12. The van der Waals surface area contributed by atoms with Gasteiger partial charge in [0.15, 0.2) is 11.4 Å². The van der Waals surface area contributed by atoms with Crippen LogP contribution < -0.4 is 11.1 Å². The number of alkyl halides is 3. The molecule has 0 bridgehead atoms. The van der Waals surface area contributed by atoms with Crippen molar-refractivity contribution in [3.05, 3.63) is 77.1 Å². The number of benzene rings is 2. The molecule has 32 heavy (non-hydrogen) atoms. The van der Waals surface area contributed by atoms with Crippen LogP contribution >= 0.6 is 0 Å². The molecule has 7 nitrogen and oxygen atoms in total. The molecule has 1 aromatic heterocycles. The van der Waals surface area contributed by atoms with E-state index in [1.54, 1.807) is 0 Å². The second-order valence-electron chi connectivity index (χ2n) is 6.81. The first-order valence-electron chi connectivity index (χ1n) is 9.17. The first kappa shape index (κ1) is 22.8. The summed E-state index contributed by atoms with van der Waals surface area (Å²) >= 11 is 0. The Hall–Kier alpha value is -3.83. The zero-order chi connectivity index (χ0) is 23.5. The highest BCUT2D eigenvalue weighted by molar-refractivity contribution is 5.94. The minimum atomic E-state index is -5.01. The van der Waals surface area contributed by atoms with Crippen molar-refractivity contribution >= 4 is 11.8 Å². The van der Waals surface area contributed by atoms with E-state index < -0.39 is 46.9 Å². The highest BCUT2D eigenvalue weighted by atomic mass is 19.4. The number of carbonyl (C=O) groups is 2. The summed E-state index contributed by atoms with van der Waals surface area (Å²) in [6.45, 7) is -0.383. The summed E-state index contributed by atoms with van der Waals surface area (Å²) in [4.78, 5) is 24.2. The maximum absolute atomic E-state index is 13.7. The van der Waals surface area contributed by atoms with Crippen LogP contribution in [0.5, 0.6) is 0 Å². The molecule has 0 fully saturated rings. The number of nitrogens with two attached hydrogens (primary N) is 1. The van der Waals surface area contributed by atoms with Crippen LogP contribution in [0.15, 0.2) is 48.5 Å². The molecule has 0 radical (unpaired) electrons. The molecule has 0 saturated heterocycles. The summed E-state index contributed by atoms with van der Waals surface area (Å²) in [5, 5.41) is 8.91. The van der Waals surface area contributed by atoms with Gasteiger partial charge in [0.25, 0.3) is 5.91 Å². The molecular formula is C20H16F5N5O2. The standard InChI is InChI=1S/C20H16F5N5O2/c21-13-3-1-11(2-4-13)9-12(18(26)31)10-27-19(32)16-17(20(23,24)25)30(29-28-16)15-7-5-14(22)6-8-15/h1-8,12H,9-10H2,(H2,26,31)(H,27,32). The van der Waals surface area contributed by atoms with E-state index in [1.165, 1.54) is 24.3 Å². The van der Waals surface area contributed by atoms with E-state index in [-0.39, 0.29) is 18.7 Å². The lowest BCUT2D eigenvalue weighted by Gasteiger charge is -2.15. The van der Waals surface area contributed by atoms with Gasteiger partial charge in [0.1, 0.15) is 11.6 Å². The monoisotopic (exact) mass is 453 g/mol. The third-order valence-electron chi connectivity index (χ3n) is 4.53. The summed E-state index contributed by atoms with van der Waals surface area (Å²) in [6.07, 6.45) is -4.98. The summed E-state index contributed by atoms with van der Waals surface area (Å²) < 4.78 is 67.5. The first-order chi connectivity index (χ1) is 15.1. The van der Waals surface area contributed by atoms with Crippen molar-refractivity contribution in [3.63, 3.8) is 0 Å². The van der Waals surface area contributed by atoms with Gasteiger partial charge in [-0.15, -0.1) is 5.10 Å². The van der Waals surface area contributed by atoms with E-state index in [4.69, 9.17) is 5.73 Å². The predicted octanol–water partition coefficient (Wildman–Crippen LogP) is 2.64. The molecule has 1 heterocycles. The Morgan fingerprint density at radius 1 is 1.00 bits per heavy atom. The summed E-state index contributed by atoms with van der Waals surface area (Å²) in [7, 11) is 0. The van der Waals surface area contributed by atoms with E-state index in [0.717, 1.165) is 24.3 Å². The molecule has 3 aromatic rings. The van der Waals surface area contributed by atoms with Crippen LogP contribution in [0.2, 0.25) is 0 Å². The zero-order valence-corrected chi connectivity index (χ0v) is 16.2. The van der Waals surface area contributed by atoms with Crippen molar-refractivity contribution in [2.45, 2.75) is 12.6 Å². The van der Waals surface area contributed by atoms with Crippen LogP contribution in [0.1, 0.15) is 21.7 Å². The molecule has 0 aliphatic rings. The fourth-order valence-electron chi connectivity index (χ4n) is 2.93. The van der Waals surface area contributed by atoms with Crippen molar-refractivity contribution in [3.8, 4) is 5.69 Å². The molecule has 0 saturated carbocycles. The van der Waals surface area contributed by atoms with Crippen molar-refractivity contribution in [1.29, 1.82) is 0 Å². The average Bonchev–Trinajstić information content (AvgIpc) is 3.18. The molecule has 3 rings (SSSR count). The number of nitrogens with one attached hydrogen (secondary N) is 1. The fraction of sp³-hybridized carbons (Fsp3) is 0.200. The average molecular weight is 453 g/mol. The lowest BCUT2D eigenvalue weighted by Crippen LogP contribution is -2.38. The van der Waals surface area contributed by atoms with Crippen LogP contribution in [0.3, 0.4) is 0 Å². The number of rotatable bonds is 7. The minimum absolute atomic E-state index is 0.0320. The molecule has 2 amide bonds. The smallest absolute Gasteiger partial charge is 0.369 e. The van der Waals surface area contributed by atoms with Crippen LogP contribution in [0.4, 0.5) is 22.0 Å². The van der Waals surface area contributed by atoms with Gasteiger partial charge in [-0.1, -0.05) is 17.3 Å². The van der Waals surface area contributed by atoms with Gasteiger partial charge in [0.05, 0.1) is 11.6 Å². The molecule has 0 aliphatic heterocycles. The van der Waals surface area contributed by atoms with Crippen molar-refractivity contribution in [2.24, 2.45) is 11.7 Å². The van der Waals surface area contributed by atoms with Crippen LogP contribution in [-0.2, 0) is 17.4 Å². The Kier molecular flexibility index (Phi) is 6.51. The number of hydrogen-bond donors (Lipinski definition) is 2. The quantitative estimate of drug-likeness (QED) is 0.537. The highest BCUT2D eigenvalue weighted by Gasteiger charge is 2.42. The van der Waals surface area contributed by atoms with Crippen LogP contribution in [0, 0.1) is 17.6 Å². The molecule has 0 spiro atoms. The van der Waals surface area contributed by atoms with Gasteiger partial charge in [0, 0.05) is 6.54 Å². The highest BCUT2D eigenvalue weighted by Crippen LogP contribution is 2.32. The van der Waals surface area contributed by atoms with Crippen LogP contribution in [0.25, 0.3) is 5.69 Å². The van der Waals surface area contributed by atoms with Gasteiger partial charge < -0.3 is 11.1 Å². The number of amides is 2. The number of primary amides is 1. The molecule has 168 valence electrons. The van der Waals surface area contributed by atoms with E-state index in [0.29, 0.717) is 10.2 Å². The third kappa shape index (κ3) is 5.25. The Morgan fingerprint density at radius 2 is 1.56 bits per heavy atom. The molecule has 2 aromatic carbocycles. The summed E-state index contributed by atoms with van der Waals surface area (Å²) in [5.41, 5.74) is 3.23. The van der Waals surface area contributed by atoms with Gasteiger partial charge in [-0.25, -0.2) is 13.5 Å². The van der Waals surface area contributed by atoms with Crippen molar-refractivity contribution in [1.82, 2.24) is 20.3 Å². The largest absolute Gasteiger partial charge is 0.435 e. The Morgan fingerprint density at radius 3 is 2.09 bits per heavy atom. The molecule has 1 atom stereocenters. The molecule has 12 heteroatoms. The maximum atomic E-state index is 13.7. The Balaban J connectivity index is 1.81. The van der Waals surface area contributed by atoms with Gasteiger partial charge in [0.2, 0.25) is 5.91 Å². The fourth-order valence-corrected chi connectivity index (χ4v) is 2.93. The SMILES string of the molecule is NC(=O)C(CNC(=O)c1nnn(-c2ccc(F)cc2)c1C(F)(F)F)Cc1ccc(F)cc1. The first-order valence-corrected chi connectivity index (χ1v) is 9.17. The third-order valence-corrected chi connectivity index (χ3v) is 4.53. The van der Waals surface area contributed by atoms with E-state index >= 15 is 0 Å². The van der Waals surface area contributed by atoms with E-state index in [2.05, 4.69) is 15.6 Å². The predicted molar refractivity (Wildman–Crippen MR) is 101 cm³/mol. The summed E-state index contributed by atoms with van der Waals surface area (Å²) in [5.74, 6) is -4.15. The minimum Gasteiger partial charge on any atom is -0.369 e. The molecule has 0 aliphatic carbocycles. The van der Waals surface area contributed by atoms with Crippen molar-refractivity contribution < 1.29 is 31.5 Å². The van der Waals surface area contributed by atoms with Gasteiger partial charge in [-0.2, -0.15) is 13.2 Å². The lowest BCUT2D eigenvalue weighted by molar-refractivity contribution is -0.143. The molecular weight excluding hydrogens is 437 g/mol. The number of halogens is 5. The Bertz CT molecular complexity index is 1110. The number of carbonyl (C=O) groups excluding carboxylic acids is 2. The Labute approximate surface area is 178 Å². The van der Waals surface area contributed by atoms with E-state index in [9.17, 15) is 31.5 Å². The maximum Gasteiger partial charge on any atom is 0.435 e. The lowest BCUT2D eigenvalue weighted by atomic mass is 9.98. The number of hydrogen-bond acceptors (Lipinski definition) is 4. The molecule has 1 unspecified atom stereocenters. The topological polar surface area (TPSA) is 103 Å². The van der Waals surface area contributed by atoms with Crippen molar-refractivity contribution in [2.75, 3.05) is 6.54 Å². The normalized spacial score (nSPS) is 12.4. The van der Waals surface area contributed by atoms with Gasteiger partial charge in [-0.3, -0.25) is 9.59 Å². The molecule has 3 N–H and O–H groups in total. The van der Waals surface area contributed by atoms with E-state index in [1.807, 2.05) is 0 Å². The number of nitrogens with zero attached hydrogens (tertiary/aromatic N) is 3. The van der Waals surface area contributed by atoms with Gasteiger partial charge >= 0.3 is 6.18 Å². The summed E-state index contributed by atoms with van der Waals surface area (Å²) in [6, 6.07) is 9.16. The number of aromatic nitrogens is 3. The second-order valence-corrected chi connectivity index (χ2v) is 6.81. The van der Waals surface area contributed by atoms with Gasteiger partial charge in [-0.05, 0) is 48.4 Å².